The highest BCUT2D eigenvalue weighted by Gasteiger charge is 2.31. The molecule has 0 saturated carbocycles. The number of nitrogens with zero attached hydrogens (tertiary/aromatic N) is 3. The molecule has 4 rings (SSSR count). The molecule has 1 aliphatic rings. The lowest BCUT2D eigenvalue weighted by Crippen LogP contribution is -2.39. The van der Waals surface area contributed by atoms with Crippen molar-refractivity contribution in [1.29, 1.82) is 0 Å². The van der Waals surface area contributed by atoms with Gasteiger partial charge in [-0.1, -0.05) is 5.16 Å². The number of carbonyl (C=O) groups is 1. The van der Waals surface area contributed by atoms with Gasteiger partial charge in [-0.05, 0) is 55.7 Å². The zero-order valence-corrected chi connectivity index (χ0v) is 17.0. The van der Waals surface area contributed by atoms with Gasteiger partial charge in [0, 0.05) is 31.4 Å². The number of ether oxygens (including phenoxy) is 2. The van der Waals surface area contributed by atoms with Gasteiger partial charge < -0.3 is 24.2 Å². The van der Waals surface area contributed by atoms with Crippen LogP contribution in [0.2, 0.25) is 0 Å². The molecule has 1 aromatic carbocycles. The first-order chi connectivity index (χ1) is 14.6. The standard InChI is InChI=1S/C22H24N4O4/c1-15-12-19(25-30-15)20-4-3-11-26(20)22(27)24-14-16-9-10-23-21(13-16)29-18-7-5-17(28-2)6-8-18/h5-10,12-13,20H,3-4,11,14H2,1-2H3,(H,24,27). The van der Waals surface area contributed by atoms with Crippen LogP contribution in [0.3, 0.4) is 0 Å². The highest BCUT2D eigenvalue weighted by atomic mass is 16.5. The van der Waals surface area contributed by atoms with E-state index in [-0.39, 0.29) is 12.1 Å². The van der Waals surface area contributed by atoms with Crippen LogP contribution in [0.25, 0.3) is 0 Å². The summed E-state index contributed by atoms with van der Waals surface area (Å²) in [5.41, 5.74) is 1.70. The Kier molecular flexibility index (Phi) is 5.83. The first-order valence-electron chi connectivity index (χ1n) is 9.87. The molecule has 30 heavy (non-hydrogen) atoms. The van der Waals surface area contributed by atoms with E-state index in [0.29, 0.717) is 24.7 Å². The number of aromatic nitrogens is 2. The Morgan fingerprint density at radius 3 is 2.77 bits per heavy atom. The first kappa shape index (κ1) is 19.8. The molecule has 156 valence electrons. The lowest BCUT2D eigenvalue weighted by Gasteiger charge is -2.23. The number of urea groups is 1. The lowest BCUT2D eigenvalue weighted by atomic mass is 10.1. The van der Waals surface area contributed by atoms with Gasteiger partial charge in [0.25, 0.3) is 0 Å². The molecule has 0 bridgehead atoms. The van der Waals surface area contributed by atoms with E-state index in [1.165, 1.54) is 0 Å². The van der Waals surface area contributed by atoms with E-state index in [9.17, 15) is 4.79 Å². The predicted molar refractivity (Wildman–Crippen MR) is 109 cm³/mol. The number of methoxy groups -OCH3 is 1. The van der Waals surface area contributed by atoms with Gasteiger partial charge >= 0.3 is 6.03 Å². The summed E-state index contributed by atoms with van der Waals surface area (Å²) in [6.07, 6.45) is 3.49. The summed E-state index contributed by atoms with van der Waals surface area (Å²) in [6.45, 7) is 2.93. The molecule has 8 nitrogen and oxygen atoms in total. The van der Waals surface area contributed by atoms with Crippen LogP contribution >= 0.6 is 0 Å². The summed E-state index contributed by atoms with van der Waals surface area (Å²) in [5, 5.41) is 7.06. The average molecular weight is 408 g/mol. The molecule has 1 fully saturated rings. The Morgan fingerprint density at radius 2 is 2.03 bits per heavy atom. The van der Waals surface area contributed by atoms with E-state index >= 15 is 0 Å². The van der Waals surface area contributed by atoms with Crippen molar-refractivity contribution >= 4 is 6.03 Å². The van der Waals surface area contributed by atoms with E-state index in [1.807, 2.05) is 54.3 Å². The van der Waals surface area contributed by atoms with Gasteiger partial charge in [0.2, 0.25) is 5.88 Å². The molecule has 1 saturated heterocycles. The number of likely N-dealkylation sites (tertiary alicyclic amines) is 1. The fraction of sp³-hybridized carbons (Fsp3) is 0.318. The van der Waals surface area contributed by atoms with Crippen LogP contribution in [0, 0.1) is 6.92 Å². The Morgan fingerprint density at radius 1 is 1.23 bits per heavy atom. The molecule has 8 heteroatoms. The minimum atomic E-state index is -0.118. The van der Waals surface area contributed by atoms with Gasteiger partial charge in [0.05, 0.1) is 13.2 Å². The summed E-state index contributed by atoms with van der Waals surface area (Å²) in [6, 6.07) is 12.7. The van der Waals surface area contributed by atoms with Crippen molar-refractivity contribution in [2.24, 2.45) is 0 Å². The van der Waals surface area contributed by atoms with Gasteiger partial charge in [-0.15, -0.1) is 0 Å². The van der Waals surface area contributed by atoms with Gasteiger partial charge in [-0.3, -0.25) is 0 Å². The highest BCUT2D eigenvalue weighted by molar-refractivity contribution is 5.75. The molecule has 2 amide bonds. The van der Waals surface area contributed by atoms with Crippen LogP contribution in [0.15, 0.2) is 53.2 Å². The quantitative estimate of drug-likeness (QED) is 0.657. The second kappa shape index (κ2) is 8.86. The zero-order chi connectivity index (χ0) is 20.9. The third kappa shape index (κ3) is 4.53. The molecule has 0 aliphatic carbocycles. The van der Waals surface area contributed by atoms with Gasteiger partial charge in [0.1, 0.15) is 23.0 Å². The van der Waals surface area contributed by atoms with Crippen molar-refractivity contribution in [3.05, 3.63) is 65.7 Å². The summed E-state index contributed by atoms with van der Waals surface area (Å²) >= 11 is 0. The Balaban J connectivity index is 1.36. The van der Waals surface area contributed by atoms with E-state index in [0.717, 1.165) is 35.6 Å². The molecule has 2 aromatic heterocycles. The van der Waals surface area contributed by atoms with Crippen molar-refractivity contribution in [2.45, 2.75) is 32.4 Å². The smallest absolute Gasteiger partial charge is 0.318 e. The van der Waals surface area contributed by atoms with Crippen molar-refractivity contribution in [1.82, 2.24) is 20.4 Å². The van der Waals surface area contributed by atoms with Crippen molar-refractivity contribution in [3.63, 3.8) is 0 Å². The van der Waals surface area contributed by atoms with Crippen LogP contribution in [0.4, 0.5) is 4.79 Å². The zero-order valence-electron chi connectivity index (χ0n) is 17.0. The second-order valence-corrected chi connectivity index (χ2v) is 7.15. The average Bonchev–Trinajstić information content (AvgIpc) is 3.42. The monoisotopic (exact) mass is 408 g/mol. The predicted octanol–water partition coefficient (Wildman–Crippen LogP) is 4.23. The van der Waals surface area contributed by atoms with Gasteiger partial charge in [-0.2, -0.15) is 0 Å². The molecular weight excluding hydrogens is 384 g/mol. The fourth-order valence-electron chi connectivity index (χ4n) is 3.52. The third-order valence-corrected chi connectivity index (χ3v) is 5.03. The minimum Gasteiger partial charge on any atom is -0.497 e. The van der Waals surface area contributed by atoms with E-state index in [1.54, 1.807) is 13.3 Å². The van der Waals surface area contributed by atoms with Crippen molar-refractivity contribution in [2.75, 3.05) is 13.7 Å². The number of benzene rings is 1. The summed E-state index contributed by atoms with van der Waals surface area (Å²) in [7, 11) is 1.62. The SMILES string of the molecule is COc1ccc(Oc2cc(CNC(=O)N3CCCC3c3cc(C)on3)ccn2)cc1. The molecule has 1 N–H and O–H groups in total. The van der Waals surface area contributed by atoms with Crippen LogP contribution in [-0.2, 0) is 6.54 Å². The van der Waals surface area contributed by atoms with Crippen LogP contribution in [-0.4, -0.2) is 34.7 Å². The number of rotatable bonds is 6. The van der Waals surface area contributed by atoms with Gasteiger partial charge in [0.15, 0.2) is 0 Å². The van der Waals surface area contributed by atoms with Gasteiger partial charge in [-0.25, -0.2) is 9.78 Å². The normalized spacial score (nSPS) is 15.8. The van der Waals surface area contributed by atoms with E-state index in [4.69, 9.17) is 14.0 Å². The van der Waals surface area contributed by atoms with Crippen LogP contribution < -0.4 is 14.8 Å². The number of pyridine rings is 1. The Labute approximate surface area is 174 Å². The fourth-order valence-corrected chi connectivity index (χ4v) is 3.52. The molecule has 3 heterocycles. The molecule has 1 aliphatic heterocycles. The number of aryl methyl sites for hydroxylation is 1. The molecule has 3 aromatic rings. The first-order valence-corrected chi connectivity index (χ1v) is 9.87. The molecular formula is C22H24N4O4. The molecule has 0 spiro atoms. The Bertz CT molecular complexity index is 1000. The van der Waals surface area contributed by atoms with E-state index in [2.05, 4.69) is 15.5 Å². The number of amides is 2. The molecule has 0 radical (unpaired) electrons. The number of hydrogen-bond acceptors (Lipinski definition) is 6. The Hall–Kier alpha value is -3.55. The number of hydrogen-bond donors (Lipinski definition) is 1. The van der Waals surface area contributed by atoms with Crippen LogP contribution in [0.1, 0.15) is 35.9 Å². The molecule has 1 unspecified atom stereocenters. The summed E-state index contributed by atoms with van der Waals surface area (Å²) in [4.78, 5) is 18.8. The topological polar surface area (TPSA) is 89.7 Å². The minimum absolute atomic E-state index is 0.0474. The number of carbonyl (C=O) groups excluding carboxylic acids is 1. The lowest BCUT2D eigenvalue weighted by molar-refractivity contribution is 0.190. The summed E-state index contributed by atoms with van der Waals surface area (Å²) in [5.74, 6) is 2.63. The number of nitrogens with one attached hydrogen (secondary N) is 1. The van der Waals surface area contributed by atoms with Crippen LogP contribution in [0.5, 0.6) is 17.4 Å². The largest absolute Gasteiger partial charge is 0.497 e. The van der Waals surface area contributed by atoms with E-state index < -0.39 is 0 Å². The summed E-state index contributed by atoms with van der Waals surface area (Å²) < 4.78 is 16.1. The second-order valence-electron chi connectivity index (χ2n) is 7.15. The third-order valence-electron chi connectivity index (χ3n) is 5.03. The highest BCUT2D eigenvalue weighted by Crippen LogP contribution is 2.31. The van der Waals surface area contributed by atoms with Crippen molar-refractivity contribution < 1.29 is 18.8 Å². The maximum atomic E-state index is 12.7. The van der Waals surface area contributed by atoms with Crippen molar-refractivity contribution in [3.8, 4) is 17.4 Å². The molecule has 1 atom stereocenters. The maximum absolute atomic E-state index is 12.7. The maximum Gasteiger partial charge on any atom is 0.318 e.